The Bertz CT molecular complexity index is 442. The molecule has 6 N–H and O–H groups in total. The van der Waals surface area contributed by atoms with Gasteiger partial charge in [0.2, 0.25) is 6.29 Å². The largest absolute Gasteiger partial charge is 0.350 e. The van der Waals surface area contributed by atoms with Gasteiger partial charge in [-0.05, 0) is 0 Å². The molecule has 2 fully saturated rings. The van der Waals surface area contributed by atoms with Crippen LogP contribution < -0.4 is 11.5 Å². The number of fused-ring (bicyclic) bond motifs is 1. The van der Waals surface area contributed by atoms with E-state index in [0.717, 1.165) is 5.56 Å². The summed E-state index contributed by atoms with van der Waals surface area (Å²) in [5, 5.41) is 0. The van der Waals surface area contributed by atoms with Crippen molar-refractivity contribution in [2.75, 3.05) is 13.7 Å². The normalized spacial score (nSPS) is 41.1. The van der Waals surface area contributed by atoms with Gasteiger partial charge in [-0.25, -0.2) is 0 Å². The fraction of sp³-hybridized carbons (Fsp3) is 0.571. The Morgan fingerprint density at radius 2 is 1.85 bits per heavy atom. The molecule has 0 amide bonds. The molecule has 0 bridgehead atoms. The van der Waals surface area contributed by atoms with Gasteiger partial charge in [0.15, 0.2) is 18.4 Å². The molecule has 0 saturated carbocycles. The maximum absolute atomic E-state index is 6.05. The van der Waals surface area contributed by atoms with Crippen LogP contribution in [0, 0.1) is 0 Å². The second-order valence-electron chi connectivity index (χ2n) is 5.28. The molecule has 2 saturated heterocycles. The van der Waals surface area contributed by atoms with Crippen molar-refractivity contribution in [3.05, 3.63) is 35.9 Å². The quantitative estimate of drug-likeness (QED) is 0.704. The van der Waals surface area contributed by atoms with Gasteiger partial charge in [-0.3, -0.25) is 0 Å². The average molecular weight is 282 g/mol. The Morgan fingerprint density at radius 3 is 2.55 bits per heavy atom. The smallest absolute Gasteiger partial charge is 0.216 e. The Labute approximate surface area is 117 Å². The molecule has 2 heterocycles. The first-order valence-corrected chi connectivity index (χ1v) is 6.87. The van der Waals surface area contributed by atoms with Crippen LogP contribution in [0.2, 0.25) is 0 Å². The Morgan fingerprint density at radius 1 is 1.10 bits per heavy atom. The highest BCUT2D eigenvalue weighted by atomic mass is 16.7. The molecule has 0 spiro atoms. The van der Waals surface area contributed by atoms with E-state index in [-0.39, 0.29) is 36.9 Å². The first kappa shape index (κ1) is 13.9. The maximum atomic E-state index is 6.05. The number of benzene rings is 1. The molecule has 6 unspecified atom stereocenters. The van der Waals surface area contributed by atoms with E-state index in [1.54, 1.807) is 7.11 Å². The van der Waals surface area contributed by atoms with Crippen molar-refractivity contribution < 1.29 is 30.4 Å². The molecule has 110 valence electrons. The summed E-state index contributed by atoms with van der Waals surface area (Å²) in [5.41, 5.74) is 9.28. The summed E-state index contributed by atoms with van der Waals surface area (Å²) in [5.74, 6) is 0. The van der Waals surface area contributed by atoms with E-state index < -0.39 is 0 Å². The van der Waals surface area contributed by atoms with E-state index >= 15 is 0 Å². The van der Waals surface area contributed by atoms with E-state index in [4.69, 9.17) is 18.9 Å². The van der Waals surface area contributed by atoms with Crippen LogP contribution in [-0.2, 0) is 18.9 Å². The van der Waals surface area contributed by atoms with Gasteiger partial charge < -0.3 is 30.4 Å². The van der Waals surface area contributed by atoms with E-state index in [1.165, 1.54) is 0 Å². The van der Waals surface area contributed by atoms with Crippen LogP contribution in [-0.4, -0.2) is 44.3 Å². The lowest BCUT2D eigenvalue weighted by Crippen LogP contribution is -2.89. The molecule has 0 radical (unpaired) electrons. The molecule has 0 aliphatic carbocycles. The number of ether oxygens (including phenoxy) is 4. The lowest BCUT2D eigenvalue weighted by Gasteiger charge is -2.43. The van der Waals surface area contributed by atoms with Gasteiger partial charge in [-0.1, -0.05) is 30.3 Å². The van der Waals surface area contributed by atoms with Gasteiger partial charge in [0, 0.05) is 12.7 Å². The van der Waals surface area contributed by atoms with Gasteiger partial charge in [-0.2, -0.15) is 0 Å². The lowest BCUT2D eigenvalue weighted by atomic mass is 9.94. The zero-order chi connectivity index (χ0) is 14.1. The van der Waals surface area contributed by atoms with E-state index in [2.05, 4.69) is 11.5 Å². The maximum Gasteiger partial charge on any atom is 0.216 e. The molecule has 1 aromatic rings. The summed E-state index contributed by atoms with van der Waals surface area (Å²) in [6.07, 6.45) is -0.987. The Balaban J connectivity index is 1.74. The molecule has 1 aromatic carbocycles. The van der Waals surface area contributed by atoms with Crippen molar-refractivity contribution in [1.29, 1.82) is 0 Å². The minimum Gasteiger partial charge on any atom is -0.350 e. The van der Waals surface area contributed by atoms with Crippen LogP contribution in [0.15, 0.2) is 30.3 Å². The van der Waals surface area contributed by atoms with Gasteiger partial charge >= 0.3 is 0 Å². The summed E-state index contributed by atoms with van der Waals surface area (Å²) < 4.78 is 22.9. The molecule has 3 rings (SSSR count). The molecule has 6 heteroatoms. The molecule has 20 heavy (non-hydrogen) atoms. The summed E-state index contributed by atoms with van der Waals surface area (Å²) in [6, 6.07) is 9.85. The van der Waals surface area contributed by atoms with Crippen LogP contribution >= 0.6 is 0 Å². The van der Waals surface area contributed by atoms with Gasteiger partial charge in [0.25, 0.3) is 0 Å². The number of quaternary nitrogens is 2. The SMILES string of the molecule is COC1OC2COC(c3ccccc3)OC2C([NH3+])C1[NH3+]. The fourth-order valence-electron chi connectivity index (χ4n) is 2.77. The van der Waals surface area contributed by atoms with Crippen LogP contribution in [0.25, 0.3) is 0 Å². The standard InChI is InChI=1S/C14H20N2O4/c1-17-14-11(16)10(15)12-9(19-14)7-18-13(20-12)8-5-3-2-4-6-8/h2-6,9-14H,7,15-16H2,1H3/p+2. The van der Waals surface area contributed by atoms with Crippen molar-refractivity contribution in [2.24, 2.45) is 0 Å². The third kappa shape index (κ3) is 2.46. The summed E-state index contributed by atoms with van der Waals surface area (Å²) >= 11 is 0. The predicted octanol–water partition coefficient (Wildman–Crippen LogP) is -1.31. The zero-order valence-corrected chi connectivity index (χ0v) is 11.6. The highest BCUT2D eigenvalue weighted by molar-refractivity contribution is 5.16. The van der Waals surface area contributed by atoms with Crippen LogP contribution in [0.5, 0.6) is 0 Å². The molecule has 2 aliphatic rings. The number of hydrogen-bond acceptors (Lipinski definition) is 4. The van der Waals surface area contributed by atoms with Crippen LogP contribution in [0.3, 0.4) is 0 Å². The lowest BCUT2D eigenvalue weighted by molar-refractivity contribution is -0.586. The predicted molar refractivity (Wildman–Crippen MR) is 69.0 cm³/mol. The van der Waals surface area contributed by atoms with Crippen molar-refractivity contribution in [3.63, 3.8) is 0 Å². The second kappa shape index (κ2) is 5.77. The Hall–Kier alpha value is -1.02. The van der Waals surface area contributed by atoms with Crippen molar-refractivity contribution in [1.82, 2.24) is 0 Å². The van der Waals surface area contributed by atoms with Gasteiger partial charge in [-0.15, -0.1) is 0 Å². The van der Waals surface area contributed by atoms with Crippen molar-refractivity contribution >= 4 is 0 Å². The van der Waals surface area contributed by atoms with Crippen molar-refractivity contribution in [2.45, 2.75) is 36.9 Å². The molecular weight excluding hydrogens is 260 g/mol. The highest BCUT2D eigenvalue weighted by Crippen LogP contribution is 2.32. The number of hydrogen-bond donors (Lipinski definition) is 2. The number of methoxy groups -OCH3 is 1. The third-order valence-electron chi connectivity index (χ3n) is 3.99. The highest BCUT2D eigenvalue weighted by Gasteiger charge is 2.51. The van der Waals surface area contributed by atoms with Crippen molar-refractivity contribution in [3.8, 4) is 0 Å². The van der Waals surface area contributed by atoms with Crippen LogP contribution in [0.4, 0.5) is 0 Å². The summed E-state index contributed by atoms with van der Waals surface area (Å²) in [7, 11) is 1.62. The number of rotatable bonds is 2. The van der Waals surface area contributed by atoms with Gasteiger partial charge in [0.05, 0.1) is 6.61 Å². The summed E-state index contributed by atoms with van der Waals surface area (Å²) in [6.45, 7) is 0.475. The third-order valence-corrected chi connectivity index (χ3v) is 3.99. The molecule has 6 atom stereocenters. The molecule has 2 aliphatic heterocycles. The topological polar surface area (TPSA) is 92.2 Å². The minimum absolute atomic E-state index is 0.00816. The molecular formula is C14H22N2O4+2. The van der Waals surface area contributed by atoms with E-state index in [1.807, 2.05) is 30.3 Å². The zero-order valence-electron chi connectivity index (χ0n) is 11.6. The average Bonchev–Trinajstić information content (AvgIpc) is 2.51. The van der Waals surface area contributed by atoms with Gasteiger partial charge in [0.1, 0.15) is 12.2 Å². The molecule has 0 aromatic heterocycles. The monoisotopic (exact) mass is 282 g/mol. The summed E-state index contributed by atoms with van der Waals surface area (Å²) in [4.78, 5) is 0. The first-order valence-electron chi connectivity index (χ1n) is 6.87. The second-order valence-corrected chi connectivity index (χ2v) is 5.28. The van der Waals surface area contributed by atoms with E-state index in [9.17, 15) is 0 Å². The van der Waals surface area contributed by atoms with Crippen LogP contribution in [0.1, 0.15) is 11.9 Å². The molecule has 6 nitrogen and oxygen atoms in total. The minimum atomic E-state index is -0.364. The first-order chi connectivity index (χ1) is 9.70. The Kier molecular flexibility index (Phi) is 4.02. The van der Waals surface area contributed by atoms with E-state index in [0.29, 0.717) is 6.61 Å². The fourth-order valence-corrected chi connectivity index (χ4v) is 2.77.